The van der Waals surface area contributed by atoms with Gasteiger partial charge in [0.2, 0.25) is 0 Å². The van der Waals surface area contributed by atoms with E-state index in [2.05, 4.69) is 66.4 Å². The van der Waals surface area contributed by atoms with Gasteiger partial charge in [-0.05, 0) is 68.2 Å². The highest BCUT2D eigenvalue weighted by Crippen LogP contribution is 2.48. The van der Waals surface area contributed by atoms with Gasteiger partial charge in [-0.3, -0.25) is 9.69 Å². The van der Waals surface area contributed by atoms with Gasteiger partial charge in [-0.25, -0.2) is 0 Å². The summed E-state index contributed by atoms with van der Waals surface area (Å²) in [6.07, 6.45) is 2.08. The van der Waals surface area contributed by atoms with Crippen LogP contribution in [0.2, 0.25) is 0 Å². The summed E-state index contributed by atoms with van der Waals surface area (Å²) >= 11 is 0. The number of benzene rings is 3. The lowest BCUT2D eigenvalue weighted by Crippen LogP contribution is -2.45. The number of piperidine rings is 1. The summed E-state index contributed by atoms with van der Waals surface area (Å²) in [6, 6.07) is 26.3. The normalized spacial score (nSPS) is 17.2. The summed E-state index contributed by atoms with van der Waals surface area (Å²) in [7, 11) is 0. The molecule has 0 radical (unpaired) electrons. The lowest BCUT2D eigenvalue weighted by molar-refractivity contribution is 0.0975. The van der Waals surface area contributed by atoms with Crippen molar-refractivity contribution in [3.8, 4) is 6.07 Å². The zero-order valence-corrected chi connectivity index (χ0v) is 18.4. The maximum absolute atomic E-state index is 13.5. The van der Waals surface area contributed by atoms with E-state index >= 15 is 0 Å². The summed E-state index contributed by atoms with van der Waals surface area (Å²) in [5, 5.41) is 9.25. The van der Waals surface area contributed by atoms with E-state index in [1.807, 2.05) is 11.0 Å². The van der Waals surface area contributed by atoms with Crippen molar-refractivity contribution in [2.45, 2.75) is 31.7 Å². The predicted octanol–water partition coefficient (Wildman–Crippen LogP) is 5.06. The van der Waals surface area contributed by atoms with Crippen LogP contribution >= 0.6 is 0 Å². The molecule has 5 rings (SSSR count). The fourth-order valence-corrected chi connectivity index (χ4v) is 5.25. The average Bonchev–Trinajstić information content (AvgIpc) is 3.14. The molecule has 2 aliphatic heterocycles. The van der Waals surface area contributed by atoms with Gasteiger partial charge < -0.3 is 4.90 Å². The Balaban J connectivity index is 1.41. The minimum absolute atomic E-state index is 0.00294. The first-order valence-corrected chi connectivity index (χ1v) is 11.3. The summed E-state index contributed by atoms with van der Waals surface area (Å²) in [5.41, 5.74) is 6.01. The van der Waals surface area contributed by atoms with Crippen molar-refractivity contribution in [2.75, 3.05) is 24.5 Å². The smallest absolute Gasteiger partial charge is 0.258 e. The molecule has 4 nitrogen and oxygen atoms in total. The van der Waals surface area contributed by atoms with Crippen molar-refractivity contribution >= 4 is 11.6 Å². The second kappa shape index (κ2) is 8.26. The van der Waals surface area contributed by atoms with Crippen molar-refractivity contribution < 1.29 is 4.79 Å². The van der Waals surface area contributed by atoms with Gasteiger partial charge in [0.25, 0.3) is 5.91 Å². The molecule has 0 aliphatic carbocycles. The zero-order chi connectivity index (χ0) is 22.1. The molecule has 3 aromatic carbocycles. The van der Waals surface area contributed by atoms with Crippen LogP contribution in [0.15, 0.2) is 72.8 Å². The van der Waals surface area contributed by atoms with E-state index in [1.54, 1.807) is 18.2 Å². The first kappa shape index (κ1) is 20.5. The maximum atomic E-state index is 13.5. The van der Waals surface area contributed by atoms with Crippen molar-refractivity contribution in [1.82, 2.24) is 4.90 Å². The van der Waals surface area contributed by atoms with Crippen molar-refractivity contribution in [2.24, 2.45) is 0 Å². The van der Waals surface area contributed by atoms with Gasteiger partial charge in [0.05, 0.1) is 11.6 Å². The van der Waals surface area contributed by atoms with Crippen LogP contribution in [0.25, 0.3) is 0 Å². The van der Waals surface area contributed by atoms with Gasteiger partial charge >= 0.3 is 0 Å². The molecule has 160 valence electrons. The van der Waals surface area contributed by atoms with Crippen LogP contribution in [0.1, 0.15) is 45.5 Å². The summed E-state index contributed by atoms with van der Waals surface area (Å²) in [4.78, 5) is 18.0. The molecule has 1 fully saturated rings. The molecular formula is C28H27N3O. The Morgan fingerprint density at radius 2 is 1.78 bits per heavy atom. The minimum Gasteiger partial charge on any atom is -0.307 e. The number of carbonyl (C=O) groups is 1. The van der Waals surface area contributed by atoms with E-state index in [1.165, 1.54) is 16.7 Å². The zero-order valence-electron chi connectivity index (χ0n) is 18.4. The fourth-order valence-electron chi connectivity index (χ4n) is 5.25. The number of nitrogens with zero attached hydrogens (tertiary/aromatic N) is 3. The van der Waals surface area contributed by atoms with Crippen LogP contribution in [0.5, 0.6) is 0 Å². The molecule has 0 bridgehead atoms. The molecule has 3 aromatic rings. The Kier molecular flexibility index (Phi) is 5.28. The van der Waals surface area contributed by atoms with E-state index in [0.29, 0.717) is 17.7 Å². The van der Waals surface area contributed by atoms with E-state index in [0.717, 1.165) is 38.2 Å². The summed E-state index contributed by atoms with van der Waals surface area (Å²) in [6.45, 7) is 5.85. The third-order valence-electron chi connectivity index (χ3n) is 7.02. The topological polar surface area (TPSA) is 47.3 Å². The highest BCUT2D eigenvalue weighted by atomic mass is 16.2. The van der Waals surface area contributed by atoms with Crippen LogP contribution < -0.4 is 4.90 Å². The molecule has 0 saturated carbocycles. The number of aryl methyl sites for hydroxylation is 1. The number of nitriles is 1. The van der Waals surface area contributed by atoms with Crippen LogP contribution in [-0.4, -0.2) is 30.4 Å². The number of hydrogen-bond donors (Lipinski definition) is 0. The highest BCUT2D eigenvalue weighted by molar-refractivity contribution is 6.08. The van der Waals surface area contributed by atoms with Gasteiger partial charge in [-0.15, -0.1) is 0 Å². The Labute approximate surface area is 189 Å². The molecule has 0 atom stereocenters. The lowest BCUT2D eigenvalue weighted by atomic mass is 9.74. The molecule has 1 amide bonds. The van der Waals surface area contributed by atoms with Gasteiger partial charge in [0.1, 0.15) is 0 Å². The molecule has 2 heterocycles. The summed E-state index contributed by atoms with van der Waals surface area (Å²) < 4.78 is 0. The Morgan fingerprint density at radius 1 is 1.00 bits per heavy atom. The van der Waals surface area contributed by atoms with Crippen LogP contribution in [0.3, 0.4) is 0 Å². The van der Waals surface area contributed by atoms with Gasteiger partial charge in [0, 0.05) is 29.8 Å². The first-order chi connectivity index (χ1) is 15.6. The molecule has 1 saturated heterocycles. The molecule has 0 unspecified atom stereocenters. The molecule has 2 aliphatic rings. The average molecular weight is 422 g/mol. The first-order valence-electron chi connectivity index (χ1n) is 11.3. The van der Waals surface area contributed by atoms with Crippen molar-refractivity contribution in [1.29, 1.82) is 5.26 Å². The predicted molar refractivity (Wildman–Crippen MR) is 127 cm³/mol. The van der Waals surface area contributed by atoms with E-state index in [9.17, 15) is 10.1 Å². The molecule has 4 heteroatoms. The van der Waals surface area contributed by atoms with Crippen LogP contribution in [0, 0.1) is 18.3 Å². The van der Waals surface area contributed by atoms with E-state index in [4.69, 9.17) is 0 Å². The number of amides is 1. The van der Waals surface area contributed by atoms with E-state index in [-0.39, 0.29) is 11.3 Å². The third-order valence-corrected chi connectivity index (χ3v) is 7.02. The van der Waals surface area contributed by atoms with Crippen molar-refractivity contribution in [3.05, 3.63) is 101 Å². The standard InChI is InChI=1S/C28H27N3O/c1-21-10-11-26-25(16-21)28(12-14-30(15-13-28)19-22-6-3-2-4-7-22)20-31(26)27(32)24-9-5-8-23(17-24)18-29/h2-11,16-17H,12-15,19-20H2,1H3. The minimum atomic E-state index is -0.0178. The molecule has 0 aromatic heterocycles. The molecule has 32 heavy (non-hydrogen) atoms. The molecule has 1 spiro atoms. The van der Waals surface area contributed by atoms with Gasteiger partial charge in [-0.1, -0.05) is 54.1 Å². The Hall–Kier alpha value is -3.42. The second-order valence-electron chi connectivity index (χ2n) is 9.15. The van der Waals surface area contributed by atoms with Crippen LogP contribution in [-0.2, 0) is 12.0 Å². The van der Waals surface area contributed by atoms with Gasteiger partial charge in [0.15, 0.2) is 0 Å². The third kappa shape index (κ3) is 3.70. The molecule has 0 N–H and O–H groups in total. The number of anilines is 1. The number of carbonyl (C=O) groups excluding carboxylic acids is 1. The quantitative estimate of drug-likeness (QED) is 0.594. The van der Waals surface area contributed by atoms with Crippen molar-refractivity contribution in [3.63, 3.8) is 0 Å². The Morgan fingerprint density at radius 3 is 2.53 bits per heavy atom. The van der Waals surface area contributed by atoms with Crippen LogP contribution in [0.4, 0.5) is 5.69 Å². The van der Waals surface area contributed by atoms with E-state index < -0.39 is 0 Å². The largest absolute Gasteiger partial charge is 0.307 e. The number of rotatable bonds is 3. The number of hydrogen-bond acceptors (Lipinski definition) is 3. The SMILES string of the molecule is Cc1ccc2c(c1)C1(CCN(Cc3ccccc3)CC1)CN2C(=O)c1cccc(C#N)c1. The Bertz CT molecular complexity index is 1190. The van der Waals surface area contributed by atoms with Gasteiger partial charge in [-0.2, -0.15) is 5.26 Å². The second-order valence-corrected chi connectivity index (χ2v) is 9.15. The lowest BCUT2D eigenvalue weighted by Gasteiger charge is -2.40. The monoisotopic (exact) mass is 421 g/mol. The summed E-state index contributed by atoms with van der Waals surface area (Å²) in [5.74, 6) is -0.0178. The maximum Gasteiger partial charge on any atom is 0.258 e. The number of likely N-dealkylation sites (tertiary alicyclic amines) is 1. The highest BCUT2D eigenvalue weighted by Gasteiger charge is 2.46. The number of fused-ring (bicyclic) bond motifs is 2. The fraction of sp³-hybridized carbons (Fsp3) is 0.286. The molecular weight excluding hydrogens is 394 g/mol.